The first kappa shape index (κ1) is 11.7. The summed E-state index contributed by atoms with van der Waals surface area (Å²) in [6.45, 7) is 2.14. The molecule has 0 spiro atoms. The fourth-order valence-electron chi connectivity index (χ4n) is 1.09. The average Bonchev–Trinajstić information content (AvgIpc) is 2.14. The van der Waals surface area contributed by atoms with Crippen LogP contribution in [0.3, 0.4) is 0 Å². The van der Waals surface area contributed by atoms with E-state index < -0.39 is 0 Å². The molecule has 5 heteroatoms. The van der Waals surface area contributed by atoms with Crippen LogP contribution in [0.25, 0.3) is 0 Å². The van der Waals surface area contributed by atoms with Crippen molar-refractivity contribution in [2.45, 2.75) is 11.8 Å². The number of anilines is 2. The van der Waals surface area contributed by atoms with Crippen molar-refractivity contribution in [1.82, 2.24) is 5.32 Å². The van der Waals surface area contributed by atoms with E-state index in [9.17, 15) is 4.79 Å². The lowest BCUT2D eigenvalue weighted by Crippen LogP contribution is -2.22. The minimum Gasteiger partial charge on any atom is -0.399 e. The van der Waals surface area contributed by atoms with Gasteiger partial charge in [0.2, 0.25) is 5.91 Å². The lowest BCUT2D eigenvalue weighted by molar-refractivity contribution is -0.118. The molecule has 82 valence electrons. The Balaban J connectivity index is 2.40. The van der Waals surface area contributed by atoms with Gasteiger partial charge in [0, 0.05) is 35.5 Å². The zero-order chi connectivity index (χ0) is 11.3. The Kier molecular flexibility index (Phi) is 4.30. The molecule has 0 bridgehead atoms. The van der Waals surface area contributed by atoms with Gasteiger partial charge in [-0.25, -0.2) is 0 Å². The smallest absolute Gasteiger partial charge is 0.216 e. The lowest BCUT2D eigenvalue weighted by Gasteiger charge is -2.06. The Hall–Kier alpha value is -1.36. The van der Waals surface area contributed by atoms with E-state index in [0.717, 1.165) is 10.6 Å². The van der Waals surface area contributed by atoms with Crippen LogP contribution in [0.5, 0.6) is 0 Å². The standard InChI is InChI=1S/C10H15N3OS/c1-7(14)13-4-5-15-10-3-2-8(11)6-9(10)12/h2-3,6H,4-5,11-12H2,1H3,(H,13,14). The van der Waals surface area contributed by atoms with Crippen molar-refractivity contribution in [2.24, 2.45) is 0 Å². The molecule has 5 N–H and O–H groups in total. The predicted molar refractivity (Wildman–Crippen MR) is 64.7 cm³/mol. The summed E-state index contributed by atoms with van der Waals surface area (Å²) in [5.41, 5.74) is 12.7. The van der Waals surface area contributed by atoms with Crippen LogP contribution in [-0.4, -0.2) is 18.2 Å². The fraction of sp³-hybridized carbons (Fsp3) is 0.300. The zero-order valence-corrected chi connectivity index (χ0v) is 9.43. The van der Waals surface area contributed by atoms with E-state index in [2.05, 4.69) is 5.32 Å². The molecule has 0 saturated heterocycles. The lowest BCUT2D eigenvalue weighted by atomic mass is 10.3. The minimum atomic E-state index is -0.0131. The Bertz CT molecular complexity index is 355. The number of nitrogen functional groups attached to an aromatic ring is 2. The highest BCUT2D eigenvalue weighted by Gasteiger charge is 2.00. The van der Waals surface area contributed by atoms with Gasteiger partial charge in [-0.1, -0.05) is 0 Å². The summed E-state index contributed by atoms with van der Waals surface area (Å²) in [5, 5.41) is 2.72. The maximum atomic E-state index is 10.6. The van der Waals surface area contributed by atoms with Gasteiger partial charge in [0.05, 0.1) is 0 Å². The molecule has 0 fully saturated rings. The molecule has 0 heterocycles. The highest BCUT2D eigenvalue weighted by molar-refractivity contribution is 7.99. The molecule has 1 aromatic rings. The van der Waals surface area contributed by atoms with Gasteiger partial charge in [-0.2, -0.15) is 0 Å². The molecule has 1 aromatic carbocycles. The number of benzene rings is 1. The van der Waals surface area contributed by atoms with Crippen LogP contribution < -0.4 is 16.8 Å². The highest BCUT2D eigenvalue weighted by Crippen LogP contribution is 2.26. The Labute approximate surface area is 93.4 Å². The molecule has 0 aliphatic rings. The Morgan fingerprint density at radius 2 is 2.20 bits per heavy atom. The first-order valence-corrected chi connectivity index (χ1v) is 5.60. The molecule has 4 nitrogen and oxygen atoms in total. The van der Waals surface area contributed by atoms with E-state index in [0.29, 0.717) is 17.9 Å². The van der Waals surface area contributed by atoms with Gasteiger partial charge < -0.3 is 16.8 Å². The van der Waals surface area contributed by atoms with Gasteiger partial charge in [-0.05, 0) is 18.2 Å². The van der Waals surface area contributed by atoms with Gasteiger partial charge in [0.1, 0.15) is 0 Å². The summed E-state index contributed by atoms with van der Waals surface area (Å²) in [5.74, 6) is 0.786. The first-order valence-electron chi connectivity index (χ1n) is 4.62. The Morgan fingerprint density at radius 3 is 2.80 bits per heavy atom. The molecule has 0 aromatic heterocycles. The number of amides is 1. The van der Waals surface area contributed by atoms with E-state index >= 15 is 0 Å². The number of thioether (sulfide) groups is 1. The third-order valence-corrected chi connectivity index (χ3v) is 2.86. The number of rotatable bonds is 4. The molecule has 0 atom stereocenters. The average molecular weight is 225 g/mol. The predicted octanol–water partition coefficient (Wildman–Crippen LogP) is 1.08. The maximum Gasteiger partial charge on any atom is 0.216 e. The topological polar surface area (TPSA) is 81.1 Å². The van der Waals surface area contributed by atoms with Crippen molar-refractivity contribution in [2.75, 3.05) is 23.8 Å². The van der Waals surface area contributed by atoms with Gasteiger partial charge in [0.25, 0.3) is 0 Å². The molecule has 0 unspecified atom stereocenters. The van der Waals surface area contributed by atoms with Gasteiger partial charge in [0.15, 0.2) is 0 Å². The maximum absolute atomic E-state index is 10.6. The second-order valence-corrected chi connectivity index (χ2v) is 4.27. The van der Waals surface area contributed by atoms with E-state index in [1.54, 1.807) is 17.8 Å². The third-order valence-electron chi connectivity index (χ3n) is 1.77. The van der Waals surface area contributed by atoms with Crippen molar-refractivity contribution in [3.8, 4) is 0 Å². The van der Waals surface area contributed by atoms with Crippen molar-refractivity contribution in [3.05, 3.63) is 18.2 Å². The fourth-order valence-corrected chi connectivity index (χ4v) is 1.90. The number of nitrogens with one attached hydrogen (secondary N) is 1. The van der Waals surface area contributed by atoms with E-state index in [-0.39, 0.29) is 5.91 Å². The summed E-state index contributed by atoms with van der Waals surface area (Å²) < 4.78 is 0. The summed E-state index contributed by atoms with van der Waals surface area (Å²) >= 11 is 1.60. The van der Waals surface area contributed by atoms with E-state index in [4.69, 9.17) is 11.5 Å². The SMILES string of the molecule is CC(=O)NCCSc1ccc(N)cc1N. The van der Waals surface area contributed by atoms with Gasteiger partial charge in [-0.15, -0.1) is 11.8 Å². The number of hydrogen-bond acceptors (Lipinski definition) is 4. The molecule has 15 heavy (non-hydrogen) atoms. The largest absolute Gasteiger partial charge is 0.399 e. The van der Waals surface area contributed by atoms with Crippen LogP contribution in [-0.2, 0) is 4.79 Å². The number of nitrogens with two attached hydrogens (primary N) is 2. The van der Waals surface area contributed by atoms with Crippen LogP contribution in [0.15, 0.2) is 23.1 Å². The summed E-state index contributed by atoms with van der Waals surface area (Å²) in [4.78, 5) is 11.6. The molecule has 0 saturated carbocycles. The van der Waals surface area contributed by atoms with Crippen molar-refractivity contribution < 1.29 is 4.79 Å². The van der Waals surface area contributed by atoms with E-state index in [1.165, 1.54) is 6.92 Å². The highest BCUT2D eigenvalue weighted by atomic mass is 32.2. The summed E-state index contributed by atoms with van der Waals surface area (Å²) in [6.07, 6.45) is 0. The van der Waals surface area contributed by atoms with Crippen LogP contribution >= 0.6 is 11.8 Å². The van der Waals surface area contributed by atoms with Crippen molar-refractivity contribution >= 4 is 29.0 Å². The molecule has 1 amide bonds. The van der Waals surface area contributed by atoms with Crippen molar-refractivity contribution in [1.29, 1.82) is 0 Å². The molecule has 0 aliphatic heterocycles. The van der Waals surface area contributed by atoms with E-state index in [1.807, 2.05) is 12.1 Å². The number of hydrogen-bond donors (Lipinski definition) is 3. The normalized spacial score (nSPS) is 9.93. The minimum absolute atomic E-state index is 0.0131. The van der Waals surface area contributed by atoms with Gasteiger partial charge >= 0.3 is 0 Å². The molecule has 0 aliphatic carbocycles. The quantitative estimate of drug-likeness (QED) is 0.407. The summed E-state index contributed by atoms with van der Waals surface area (Å²) in [7, 11) is 0. The third kappa shape index (κ3) is 4.12. The van der Waals surface area contributed by atoms with Crippen LogP contribution in [0, 0.1) is 0 Å². The molecular formula is C10H15N3OS. The second kappa shape index (κ2) is 5.50. The Morgan fingerprint density at radius 1 is 1.47 bits per heavy atom. The monoisotopic (exact) mass is 225 g/mol. The van der Waals surface area contributed by atoms with Crippen LogP contribution in [0.4, 0.5) is 11.4 Å². The van der Waals surface area contributed by atoms with Crippen LogP contribution in [0.2, 0.25) is 0 Å². The number of carbonyl (C=O) groups excluding carboxylic acids is 1. The first-order chi connectivity index (χ1) is 7.09. The molecular weight excluding hydrogens is 210 g/mol. The number of carbonyl (C=O) groups is 1. The molecule has 0 radical (unpaired) electrons. The second-order valence-electron chi connectivity index (χ2n) is 3.13. The zero-order valence-electron chi connectivity index (χ0n) is 8.62. The van der Waals surface area contributed by atoms with Gasteiger partial charge in [-0.3, -0.25) is 4.79 Å². The summed E-state index contributed by atoms with van der Waals surface area (Å²) in [6, 6.07) is 5.45. The van der Waals surface area contributed by atoms with Crippen LogP contribution in [0.1, 0.15) is 6.92 Å². The van der Waals surface area contributed by atoms with Crippen molar-refractivity contribution in [3.63, 3.8) is 0 Å². The molecule has 1 rings (SSSR count).